The summed E-state index contributed by atoms with van der Waals surface area (Å²) in [6.07, 6.45) is 3.57. The first-order chi connectivity index (χ1) is 8.22. The van der Waals surface area contributed by atoms with Gasteiger partial charge in [-0.05, 0) is 26.3 Å². The molecule has 1 heterocycles. The third-order valence-electron chi connectivity index (χ3n) is 3.05. The Morgan fingerprint density at radius 3 is 2.82 bits per heavy atom. The molecule has 98 valence electrons. The van der Waals surface area contributed by atoms with E-state index in [4.69, 9.17) is 5.84 Å². The van der Waals surface area contributed by atoms with Gasteiger partial charge in [0.2, 0.25) is 0 Å². The fourth-order valence-electron chi connectivity index (χ4n) is 1.69. The summed E-state index contributed by atoms with van der Waals surface area (Å²) in [6.45, 7) is 8.61. The third-order valence-corrected chi connectivity index (χ3v) is 3.75. The maximum Gasteiger partial charge on any atom is 0.148 e. The van der Waals surface area contributed by atoms with Crippen molar-refractivity contribution in [2.75, 3.05) is 12.0 Å². The molecule has 0 aliphatic rings. The van der Waals surface area contributed by atoms with Gasteiger partial charge < -0.3 is 5.43 Å². The first kappa shape index (κ1) is 14.3. The van der Waals surface area contributed by atoms with Crippen LogP contribution < -0.4 is 11.3 Å². The van der Waals surface area contributed by atoms with Gasteiger partial charge in [-0.25, -0.2) is 5.84 Å². The standard InChI is InChI=1S/C11H23N5S/c1-4-6-7-16(9(3)5-2)8-10-11(13-12)17-15-14-10/h9,13H,4-8,12H2,1-3H3. The minimum atomic E-state index is 0.564. The molecule has 1 aromatic rings. The lowest BCUT2D eigenvalue weighted by molar-refractivity contribution is 0.190. The van der Waals surface area contributed by atoms with E-state index in [0.717, 1.165) is 30.2 Å². The summed E-state index contributed by atoms with van der Waals surface area (Å²) in [5.74, 6) is 5.44. The van der Waals surface area contributed by atoms with Gasteiger partial charge in [-0.3, -0.25) is 4.90 Å². The Morgan fingerprint density at radius 2 is 2.24 bits per heavy atom. The number of hydrogen-bond acceptors (Lipinski definition) is 6. The topological polar surface area (TPSA) is 67.1 Å². The van der Waals surface area contributed by atoms with Crippen LogP contribution in [0.15, 0.2) is 0 Å². The Balaban J connectivity index is 2.64. The lowest BCUT2D eigenvalue weighted by Crippen LogP contribution is -2.33. The first-order valence-corrected chi connectivity index (χ1v) is 7.02. The van der Waals surface area contributed by atoms with E-state index in [2.05, 4.69) is 40.7 Å². The van der Waals surface area contributed by atoms with Crippen molar-refractivity contribution in [2.24, 2.45) is 5.84 Å². The molecule has 1 rings (SSSR count). The van der Waals surface area contributed by atoms with Gasteiger partial charge in [0.25, 0.3) is 0 Å². The van der Waals surface area contributed by atoms with Gasteiger partial charge in [-0.15, -0.1) is 5.10 Å². The Bertz CT molecular complexity index is 315. The molecule has 0 amide bonds. The molecule has 0 saturated heterocycles. The van der Waals surface area contributed by atoms with Crippen LogP contribution in [0.25, 0.3) is 0 Å². The summed E-state index contributed by atoms with van der Waals surface area (Å²) >= 11 is 1.31. The molecule has 17 heavy (non-hydrogen) atoms. The van der Waals surface area contributed by atoms with Gasteiger partial charge in [0.15, 0.2) is 0 Å². The Labute approximate surface area is 108 Å². The number of hydrazine groups is 1. The number of hydrogen-bond donors (Lipinski definition) is 2. The Hall–Kier alpha value is -0.720. The Kier molecular flexibility index (Phi) is 6.39. The molecule has 0 fully saturated rings. The highest BCUT2D eigenvalue weighted by atomic mass is 32.1. The Morgan fingerprint density at radius 1 is 1.47 bits per heavy atom. The van der Waals surface area contributed by atoms with E-state index in [1.807, 2.05) is 0 Å². The molecule has 0 bridgehead atoms. The lowest BCUT2D eigenvalue weighted by Gasteiger charge is -2.27. The largest absolute Gasteiger partial charge is 0.313 e. The van der Waals surface area contributed by atoms with Gasteiger partial charge >= 0.3 is 0 Å². The second-order valence-electron chi connectivity index (χ2n) is 4.27. The van der Waals surface area contributed by atoms with Gasteiger partial charge in [0.1, 0.15) is 10.7 Å². The van der Waals surface area contributed by atoms with Crippen LogP contribution in [-0.2, 0) is 6.54 Å². The second-order valence-corrected chi connectivity index (χ2v) is 5.03. The number of aromatic nitrogens is 2. The average molecular weight is 257 g/mol. The number of rotatable bonds is 8. The molecule has 0 aliphatic heterocycles. The molecule has 1 unspecified atom stereocenters. The molecule has 1 atom stereocenters. The van der Waals surface area contributed by atoms with Crippen molar-refractivity contribution in [2.45, 2.75) is 52.6 Å². The first-order valence-electron chi connectivity index (χ1n) is 6.24. The summed E-state index contributed by atoms with van der Waals surface area (Å²) in [7, 11) is 0. The quantitative estimate of drug-likeness (QED) is 0.552. The molecule has 3 N–H and O–H groups in total. The predicted molar refractivity (Wildman–Crippen MR) is 72.8 cm³/mol. The van der Waals surface area contributed by atoms with E-state index >= 15 is 0 Å². The van der Waals surface area contributed by atoms with Crippen LogP contribution in [0.4, 0.5) is 5.00 Å². The zero-order chi connectivity index (χ0) is 12.7. The summed E-state index contributed by atoms with van der Waals surface area (Å²) < 4.78 is 3.93. The monoisotopic (exact) mass is 257 g/mol. The van der Waals surface area contributed by atoms with Crippen LogP contribution in [0, 0.1) is 0 Å². The molecule has 0 aliphatic carbocycles. The van der Waals surface area contributed by atoms with Gasteiger partial charge in [0.05, 0.1) is 0 Å². The fraction of sp³-hybridized carbons (Fsp3) is 0.818. The molecule has 0 aromatic carbocycles. The van der Waals surface area contributed by atoms with E-state index in [-0.39, 0.29) is 0 Å². The summed E-state index contributed by atoms with van der Waals surface area (Å²) in [5.41, 5.74) is 3.61. The minimum Gasteiger partial charge on any atom is -0.313 e. The second kappa shape index (κ2) is 7.58. The third kappa shape index (κ3) is 4.22. The summed E-state index contributed by atoms with van der Waals surface area (Å²) in [4.78, 5) is 2.45. The highest BCUT2D eigenvalue weighted by Crippen LogP contribution is 2.19. The molecule has 1 aromatic heterocycles. The highest BCUT2D eigenvalue weighted by Gasteiger charge is 2.16. The number of unbranched alkanes of at least 4 members (excludes halogenated alkanes) is 1. The van der Waals surface area contributed by atoms with E-state index in [1.54, 1.807) is 0 Å². The zero-order valence-corrected chi connectivity index (χ0v) is 11.8. The maximum absolute atomic E-state index is 5.44. The minimum absolute atomic E-state index is 0.564. The molecule has 5 nitrogen and oxygen atoms in total. The molecule has 6 heteroatoms. The van der Waals surface area contributed by atoms with Crippen LogP contribution >= 0.6 is 11.5 Å². The average Bonchev–Trinajstić information content (AvgIpc) is 2.80. The van der Waals surface area contributed by atoms with Crippen molar-refractivity contribution < 1.29 is 0 Å². The molecular weight excluding hydrogens is 234 g/mol. The number of nitrogens with two attached hydrogens (primary N) is 1. The number of nitrogen functional groups attached to an aromatic ring is 1. The maximum atomic E-state index is 5.44. The van der Waals surface area contributed by atoms with Gasteiger partial charge in [-0.2, -0.15) is 0 Å². The van der Waals surface area contributed by atoms with E-state index < -0.39 is 0 Å². The number of nitrogens with zero attached hydrogens (tertiary/aromatic N) is 3. The molecule has 0 radical (unpaired) electrons. The van der Waals surface area contributed by atoms with Crippen molar-refractivity contribution in [3.8, 4) is 0 Å². The van der Waals surface area contributed by atoms with Crippen LogP contribution in [0.5, 0.6) is 0 Å². The van der Waals surface area contributed by atoms with E-state index in [9.17, 15) is 0 Å². The van der Waals surface area contributed by atoms with Crippen molar-refractivity contribution in [3.63, 3.8) is 0 Å². The summed E-state index contributed by atoms with van der Waals surface area (Å²) in [5, 5.41) is 5.01. The predicted octanol–water partition coefficient (Wildman–Crippen LogP) is 2.22. The van der Waals surface area contributed by atoms with Crippen molar-refractivity contribution in [1.82, 2.24) is 14.5 Å². The number of anilines is 1. The highest BCUT2D eigenvalue weighted by molar-refractivity contribution is 7.10. The SMILES string of the molecule is CCCCN(Cc1nnsc1NN)C(C)CC. The van der Waals surface area contributed by atoms with Crippen LogP contribution in [0.2, 0.25) is 0 Å². The van der Waals surface area contributed by atoms with Crippen molar-refractivity contribution >= 4 is 16.5 Å². The smallest absolute Gasteiger partial charge is 0.148 e. The van der Waals surface area contributed by atoms with Gasteiger partial charge in [0, 0.05) is 24.1 Å². The van der Waals surface area contributed by atoms with Crippen LogP contribution in [0.3, 0.4) is 0 Å². The van der Waals surface area contributed by atoms with Crippen LogP contribution in [0.1, 0.15) is 45.7 Å². The molecule has 0 spiro atoms. The molecular formula is C11H23N5S. The normalized spacial score (nSPS) is 13.0. The van der Waals surface area contributed by atoms with E-state index in [1.165, 1.54) is 24.4 Å². The van der Waals surface area contributed by atoms with E-state index in [0.29, 0.717) is 6.04 Å². The fourth-order valence-corrected chi connectivity index (χ4v) is 2.17. The van der Waals surface area contributed by atoms with Crippen molar-refractivity contribution in [1.29, 1.82) is 0 Å². The lowest BCUT2D eigenvalue weighted by atomic mass is 10.2. The summed E-state index contributed by atoms with van der Waals surface area (Å²) in [6, 6.07) is 0.564. The number of nitrogens with one attached hydrogen (secondary N) is 1. The zero-order valence-electron chi connectivity index (χ0n) is 10.9. The van der Waals surface area contributed by atoms with Crippen LogP contribution in [-0.4, -0.2) is 27.1 Å². The van der Waals surface area contributed by atoms with Crippen molar-refractivity contribution in [3.05, 3.63) is 5.69 Å². The molecule has 0 saturated carbocycles. The van der Waals surface area contributed by atoms with Gasteiger partial charge in [-0.1, -0.05) is 24.8 Å².